The predicted molar refractivity (Wildman–Crippen MR) is 198 cm³/mol. The highest BCUT2D eigenvalue weighted by Crippen LogP contribution is 2.43. The van der Waals surface area contributed by atoms with Crippen LogP contribution in [0, 0.1) is 0 Å². The van der Waals surface area contributed by atoms with E-state index in [1.54, 1.807) is 0 Å². The van der Waals surface area contributed by atoms with Gasteiger partial charge in [0.2, 0.25) is 0 Å². The molecule has 0 aliphatic heterocycles. The van der Waals surface area contributed by atoms with Gasteiger partial charge in [0.1, 0.15) is 18.1 Å². The Morgan fingerprint density at radius 1 is 0.565 bits per heavy atom. The highest BCUT2D eigenvalue weighted by molar-refractivity contribution is 5.33. The first-order chi connectivity index (χ1) is 22.7. The Hall–Kier alpha value is -3.13. The molecule has 0 aliphatic rings. The molecule has 46 heavy (non-hydrogen) atoms. The molecule has 0 spiro atoms. The Balaban J connectivity index is 1.30. The van der Waals surface area contributed by atoms with Gasteiger partial charge in [0.05, 0.1) is 5.92 Å². The summed E-state index contributed by atoms with van der Waals surface area (Å²) in [6.45, 7) is 4.81. The van der Waals surface area contributed by atoms with Crippen molar-refractivity contribution in [2.24, 2.45) is 0 Å². The first-order valence-electron chi connectivity index (χ1n) is 19.0. The van der Waals surface area contributed by atoms with Crippen molar-refractivity contribution in [3.63, 3.8) is 0 Å². The van der Waals surface area contributed by atoms with Crippen molar-refractivity contribution in [3.8, 4) is 5.69 Å². The van der Waals surface area contributed by atoms with Crippen molar-refractivity contribution in [2.75, 3.05) is 0 Å². The Morgan fingerprint density at radius 3 is 1.54 bits per heavy atom. The van der Waals surface area contributed by atoms with Crippen LogP contribution < -0.4 is 4.57 Å². The molecule has 248 valence electrons. The third-order valence-corrected chi connectivity index (χ3v) is 10.3. The molecule has 0 aliphatic carbocycles. The van der Waals surface area contributed by atoms with Crippen LogP contribution >= 0.6 is 0 Å². The topological polar surface area (TPSA) is 19.7 Å². The standard InChI is InChI=1S/C44H62N2/c1-3-4-5-6-7-8-9-10-11-12-13-14-15-16-17-18-28-35-42(43-45-36-37-46(43)41-33-26-21-27-34-41)44(2,40-31-24-20-25-32-40)38-39-29-22-19-23-30-39/h19-27,29-34,36-37,42H,3-18,28,35,38H2,1-2H3/p+1. The number of benzene rings is 3. The van der Waals surface area contributed by atoms with E-state index in [1.165, 1.54) is 138 Å². The molecule has 1 aromatic heterocycles. The van der Waals surface area contributed by atoms with Gasteiger partial charge in [-0.2, -0.15) is 4.57 Å². The van der Waals surface area contributed by atoms with Gasteiger partial charge in [-0.05, 0) is 36.1 Å². The number of hydrogen-bond acceptors (Lipinski definition) is 0. The highest BCUT2D eigenvalue weighted by Gasteiger charge is 2.42. The predicted octanol–water partition coefficient (Wildman–Crippen LogP) is 12.6. The maximum absolute atomic E-state index is 3.74. The van der Waals surface area contributed by atoms with E-state index < -0.39 is 0 Å². The van der Waals surface area contributed by atoms with Gasteiger partial charge in [-0.25, -0.2) is 4.98 Å². The minimum absolute atomic E-state index is 0.0565. The van der Waals surface area contributed by atoms with Gasteiger partial charge in [0.25, 0.3) is 5.82 Å². The Kier molecular flexibility index (Phi) is 16.2. The molecule has 0 radical (unpaired) electrons. The van der Waals surface area contributed by atoms with E-state index in [4.69, 9.17) is 0 Å². The molecule has 3 aromatic carbocycles. The van der Waals surface area contributed by atoms with E-state index in [-0.39, 0.29) is 5.41 Å². The number of hydrogen-bond donors (Lipinski definition) is 1. The van der Waals surface area contributed by atoms with Crippen LogP contribution in [0.4, 0.5) is 0 Å². The zero-order valence-electron chi connectivity index (χ0n) is 29.3. The monoisotopic (exact) mass is 619 g/mol. The lowest BCUT2D eigenvalue weighted by atomic mass is 9.66. The molecule has 2 unspecified atom stereocenters. The minimum Gasteiger partial charge on any atom is -0.247 e. The molecule has 0 saturated carbocycles. The van der Waals surface area contributed by atoms with Crippen molar-refractivity contribution in [3.05, 3.63) is 120 Å². The second-order valence-corrected chi connectivity index (χ2v) is 14.0. The number of para-hydroxylation sites is 1. The third kappa shape index (κ3) is 11.6. The van der Waals surface area contributed by atoms with Gasteiger partial charge in [0.15, 0.2) is 0 Å². The fraction of sp³-hybridized carbons (Fsp3) is 0.523. The van der Waals surface area contributed by atoms with Gasteiger partial charge in [-0.15, -0.1) is 0 Å². The average Bonchev–Trinajstić information content (AvgIpc) is 3.58. The zero-order chi connectivity index (χ0) is 32.1. The first kappa shape index (κ1) is 35.7. The second kappa shape index (κ2) is 20.9. The van der Waals surface area contributed by atoms with Gasteiger partial charge >= 0.3 is 0 Å². The Morgan fingerprint density at radius 2 is 1.02 bits per heavy atom. The lowest BCUT2D eigenvalue weighted by molar-refractivity contribution is -0.605. The summed E-state index contributed by atoms with van der Waals surface area (Å²) in [6, 6.07) is 33.2. The van der Waals surface area contributed by atoms with E-state index >= 15 is 0 Å². The fourth-order valence-corrected chi connectivity index (χ4v) is 7.52. The van der Waals surface area contributed by atoms with Crippen LogP contribution in [0.2, 0.25) is 0 Å². The van der Waals surface area contributed by atoms with E-state index in [9.17, 15) is 0 Å². The Bertz CT molecular complexity index is 1300. The lowest BCUT2D eigenvalue weighted by Crippen LogP contribution is -2.42. The molecule has 0 fully saturated rings. The maximum Gasteiger partial charge on any atom is 0.263 e. The molecule has 1 heterocycles. The van der Waals surface area contributed by atoms with Crippen LogP contribution in [0.1, 0.15) is 152 Å². The number of rotatable bonds is 24. The molecular weight excluding hydrogens is 556 g/mol. The van der Waals surface area contributed by atoms with Crippen LogP contribution in [-0.4, -0.2) is 4.98 Å². The number of unbranched alkanes of at least 4 members (excludes halogenated alkanes) is 16. The summed E-state index contributed by atoms with van der Waals surface area (Å²) in [5, 5.41) is 0. The van der Waals surface area contributed by atoms with Crippen molar-refractivity contribution >= 4 is 0 Å². The van der Waals surface area contributed by atoms with Crippen LogP contribution in [0.15, 0.2) is 103 Å². The fourth-order valence-electron chi connectivity index (χ4n) is 7.52. The van der Waals surface area contributed by atoms with Crippen LogP contribution in [-0.2, 0) is 11.8 Å². The number of nitrogens with zero attached hydrogens (tertiary/aromatic N) is 1. The number of nitrogens with one attached hydrogen (secondary N) is 1. The zero-order valence-corrected chi connectivity index (χ0v) is 29.3. The molecule has 0 amide bonds. The Labute approximate surface area is 282 Å². The number of aromatic amines is 1. The van der Waals surface area contributed by atoms with Gasteiger partial charge in [0, 0.05) is 5.41 Å². The lowest BCUT2D eigenvalue weighted by Gasteiger charge is -2.37. The SMILES string of the molecule is CCCCCCCCCCCCCCCCCCCC(c1[nH]cc[n+]1-c1ccccc1)C(C)(Cc1ccccc1)c1ccccc1. The summed E-state index contributed by atoms with van der Waals surface area (Å²) < 4.78 is 2.39. The second-order valence-electron chi connectivity index (χ2n) is 14.0. The van der Waals surface area contributed by atoms with Crippen LogP contribution in [0.3, 0.4) is 0 Å². The van der Waals surface area contributed by atoms with Crippen molar-refractivity contribution < 1.29 is 4.57 Å². The van der Waals surface area contributed by atoms with Gasteiger partial charge < -0.3 is 0 Å². The summed E-state index contributed by atoms with van der Waals surface area (Å²) in [5.74, 6) is 1.66. The van der Waals surface area contributed by atoms with Crippen LogP contribution in [0.5, 0.6) is 0 Å². The molecule has 0 bridgehead atoms. The van der Waals surface area contributed by atoms with Crippen molar-refractivity contribution in [1.82, 2.24) is 4.98 Å². The number of imidazole rings is 1. The molecule has 4 aromatic rings. The average molecular weight is 620 g/mol. The first-order valence-corrected chi connectivity index (χ1v) is 19.0. The molecule has 2 heteroatoms. The molecule has 2 atom stereocenters. The molecule has 4 rings (SSSR count). The third-order valence-electron chi connectivity index (χ3n) is 10.3. The van der Waals surface area contributed by atoms with E-state index in [2.05, 4.69) is 127 Å². The normalized spacial score (nSPS) is 13.4. The molecular formula is C44H63N2+. The number of aromatic nitrogens is 2. The van der Waals surface area contributed by atoms with Gasteiger partial charge in [-0.1, -0.05) is 202 Å². The highest BCUT2D eigenvalue weighted by atomic mass is 15.1. The number of H-pyrrole nitrogens is 1. The van der Waals surface area contributed by atoms with E-state index in [0.717, 1.165) is 6.42 Å². The van der Waals surface area contributed by atoms with Crippen LogP contribution in [0.25, 0.3) is 5.69 Å². The summed E-state index contributed by atoms with van der Waals surface area (Å²) in [6.07, 6.45) is 30.5. The van der Waals surface area contributed by atoms with Gasteiger partial charge in [-0.3, -0.25) is 0 Å². The summed E-state index contributed by atoms with van der Waals surface area (Å²) >= 11 is 0. The van der Waals surface area contributed by atoms with E-state index in [1.807, 2.05) is 0 Å². The van der Waals surface area contributed by atoms with Crippen molar-refractivity contribution in [1.29, 1.82) is 0 Å². The molecule has 0 saturated heterocycles. The smallest absolute Gasteiger partial charge is 0.247 e. The molecule has 2 nitrogen and oxygen atoms in total. The summed E-state index contributed by atoms with van der Waals surface area (Å²) in [5.41, 5.74) is 3.99. The molecule has 1 N–H and O–H groups in total. The van der Waals surface area contributed by atoms with Crippen molar-refractivity contribution in [2.45, 2.75) is 147 Å². The largest absolute Gasteiger partial charge is 0.263 e. The quantitative estimate of drug-likeness (QED) is 0.0594. The minimum atomic E-state index is -0.0565. The maximum atomic E-state index is 3.74. The van der Waals surface area contributed by atoms with E-state index in [0.29, 0.717) is 5.92 Å². The summed E-state index contributed by atoms with van der Waals surface area (Å²) in [4.78, 5) is 3.74. The summed E-state index contributed by atoms with van der Waals surface area (Å²) in [7, 11) is 0.